The second-order valence-corrected chi connectivity index (χ2v) is 8.93. The number of rotatable bonds is 4. The number of para-hydroxylation sites is 1. The molecule has 0 bridgehead atoms. The van der Waals surface area contributed by atoms with Gasteiger partial charge in [-0.25, -0.2) is 32.8 Å². The van der Waals surface area contributed by atoms with Crippen molar-refractivity contribution in [3.8, 4) is 11.3 Å². The summed E-state index contributed by atoms with van der Waals surface area (Å²) in [5.41, 5.74) is 2.77. The van der Waals surface area contributed by atoms with Crippen molar-refractivity contribution in [2.24, 2.45) is 0 Å². The summed E-state index contributed by atoms with van der Waals surface area (Å²) < 4.78 is 43.3. The standard InChI is InChI=1S/C28H22F3N5O2.C2H6.C2H4.CH2O/c1-14-8-10-18(35-27(37)17-9-7-15(2)23(31)11-17)12-19(14)24-20-13-32-28(38)36(26(20)34-16(3)33-24)25-21(29)5-4-6-22(25)30;3*1-2/h4-12H,13H2,1-3H3,(H,32,38)(H,35,37);1-2H3;1-2H2;1H2. The number of anilines is 3. The van der Waals surface area contributed by atoms with Crippen LogP contribution in [0.3, 0.4) is 0 Å². The predicted molar refractivity (Wildman–Crippen MR) is 166 cm³/mol. The SMILES string of the molecule is C=C.C=O.CC.Cc1nc(-c2cc(NC(=O)c3ccc(C)c(F)c3)ccc2C)c2c(n1)N(c1c(F)cccc1F)C(=O)NC2. The quantitative estimate of drug-likeness (QED) is 0.232. The van der Waals surface area contributed by atoms with Crippen LogP contribution in [0.25, 0.3) is 11.3 Å². The minimum absolute atomic E-state index is 0.0228. The third kappa shape index (κ3) is 7.35. The minimum atomic E-state index is -0.917. The molecule has 11 heteroatoms. The molecule has 1 aliphatic heterocycles. The average Bonchev–Trinajstić information content (AvgIpc) is 3.03. The van der Waals surface area contributed by atoms with Gasteiger partial charge in [-0.15, -0.1) is 13.2 Å². The third-order valence-corrected chi connectivity index (χ3v) is 6.27. The first-order chi connectivity index (χ1) is 21.1. The van der Waals surface area contributed by atoms with E-state index in [9.17, 15) is 22.8 Å². The molecule has 1 aliphatic rings. The van der Waals surface area contributed by atoms with Gasteiger partial charge in [-0.2, -0.15) is 0 Å². The largest absolute Gasteiger partial charge is 0.333 e. The Morgan fingerprint density at radius 3 is 2.11 bits per heavy atom. The lowest BCUT2D eigenvalue weighted by atomic mass is 9.99. The van der Waals surface area contributed by atoms with Gasteiger partial charge in [0, 0.05) is 22.4 Å². The summed E-state index contributed by atoms with van der Waals surface area (Å²) >= 11 is 0. The molecule has 0 spiro atoms. The van der Waals surface area contributed by atoms with E-state index in [1.165, 1.54) is 24.3 Å². The van der Waals surface area contributed by atoms with Crippen LogP contribution < -0.4 is 15.5 Å². The van der Waals surface area contributed by atoms with E-state index >= 15 is 0 Å². The van der Waals surface area contributed by atoms with Crippen molar-refractivity contribution in [1.29, 1.82) is 0 Å². The molecule has 0 radical (unpaired) electrons. The summed E-state index contributed by atoms with van der Waals surface area (Å²) in [5.74, 6) is -2.47. The van der Waals surface area contributed by atoms with Gasteiger partial charge in [0.2, 0.25) is 0 Å². The molecule has 1 aromatic heterocycles. The number of amides is 3. The van der Waals surface area contributed by atoms with E-state index in [1.807, 2.05) is 27.6 Å². The molecule has 230 valence electrons. The zero-order valence-corrected chi connectivity index (χ0v) is 25.2. The first-order valence-corrected chi connectivity index (χ1v) is 13.5. The summed E-state index contributed by atoms with van der Waals surface area (Å²) in [6.07, 6.45) is 0. The maximum Gasteiger partial charge on any atom is 0.328 e. The molecule has 0 saturated heterocycles. The zero-order valence-electron chi connectivity index (χ0n) is 25.2. The lowest BCUT2D eigenvalue weighted by molar-refractivity contribution is -0.0980. The van der Waals surface area contributed by atoms with Crippen LogP contribution in [-0.4, -0.2) is 28.7 Å². The predicted octanol–water partition coefficient (Wildman–Crippen LogP) is 7.74. The average molecular weight is 606 g/mol. The number of carbonyl (C=O) groups is 3. The molecular weight excluding hydrogens is 571 g/mol. The van der Waals surface area contributed by atoms with Crippen LogP contribution in [-0.2, 0) is 11.3 Å². The Kier molecular flexibility index (Phi) is 12.5. The van der Waals surface area contributed by atoms with Crippen molar-refractivity contribution in [2.45, 2.75) is 41.2 Å². The Hall–Kier alpha value is -5.32. The van der Waals surface area contributed by atoms with Crippen molar-refractivity contribution in [2.75, 3.05) is 10.2 Å². The van der Waals surface area contributed by atoms with Crippen molar-refractivity contribution < 1.29 is 27.6 Å². The monoisotopic (exact) mass is 605 g/mol. The molecule has 4 aromatic rings. The Morgan fingerprint density at radius 1 is 0.886 bits per heavy atom. The lowest BCUT2D eigenvalue weighted by Gasteiger charge is -2.30. The number of aryl methyl sites for hydroxylation is 3. The zero-order chi connectivity index (χ0) is 33.1. The summed E-state index contributed by atoms with van der Waals surface area (Å²) in [7, 11) is 0. The van der Waals surface area contributed by atoms with Crippen molar-refractivity contribution in [3.63, 3.8) is 0 Å². The number of benzene rings is 3. The van der Waals surface area contributed by atoms with E-state index in [1.54, 1.807) is 32.0 Å². The smallest absolute Gasteiger partial charge is 0.328 e. The van der Waals surface area contributed by atoms with Gasteiger partial charge in [0.15, 0.2) is 5.82 Å². The van der Waals surface area contributed by atoms with E-state index in [4.69, 9.17) is 4.79 Å². The molecule has 44 heavy (non-hydrogen) atoms. The molecule has 8 nitrogen and oxygen atoms in total. The second-order valence-electron chi connectivity index (χ2n) is 8.93. The first-order valence-electron chi connectivity index (χ1n) is 13.5. The van der Waals surface area contributed by atoms with Crippen molar-refractivity contribution in [3.05, 3.63) is 113 Å². The van der Waals surface area contributed by atoms with Crippen LogP contribution in [0.15, 0.2) is 67.8 Å². The summed E-state index contributed by atoms with van der Waals surface area (Å²) in [4.78, 5) is 43.4. The molecule has 3 amide bonds. The van der Waals surface area contributed by atoms with Gasteiger partial charge >= 0.3 is 6.03 Å². The van der Waals surface area contributed by atoms with Gasteiger partial charge in [-0.3, -0.25) is 4.79 Å². The maximum atomic E-state index is 14.7. The topological polar surface area (TPSA) is 104 Å². The number of halogens is 3. The van der Waals surface area contributed by atoms with Gasteiger partial charge in [-0.05, 0) is 68.3 Å². The number of nitrogens with one attached hydrogen (secondary N) is 2. The molecule has 0 fully saturated rings. The number of urea groups is 1. The Morgan fingerprint density at radius 2 is 1.50 bits per heavy atom. The van der Waals surface area contributed by atoms with Gasteiger partial charge < -0.3 is 15.4 Å². The molecule has 0 atom stereocenters. The van der Waals surface area contributed by atoms with Gasteiger partial charge in [-0.1, -0.05) is 32.0 Å². The van der Waals surface area contributed by atoms with Gasteiger partial charge in [0.05, 0.1) is 12.2 Å². The number of nitrogens with zero attached hydrogens (tertiary/aromatic N) is 3. The lowest BCUT2D eigenvalue weighted by Crippen LogP contribution is -2.43. The summed E-state index contributed by atoms with van der Waals surface area (Å²) in [5, 5.41) is 5.40. The van der Waals surface area contributed by atoms with E-state index < -0.39 is 35.1 Å². The first kappa shape index (κ1) is 34.9. The summed E-state index contributed by atoms with van der Waals surface area (Å²) in [6.45, 7) is 17.1. The molecule has 0 unspecified atom stereocenters. The number of hydrogen-bond donors (Lipinski definition) is 2. The van der Waals surface area contributed by atoms with Crippen LogP contribution in [0, 0.1) is 38.2 Å². The Labute approximate surface area is 254 Å². The highest BCUT2D eigenvalue weighted by molar-refractivity contribution is 6.05. The van der Waals surface area contributed by atoms with Crippen LogP contribution >= 0.6 is 0 Å². The van der Waals surface area contributed by atoms with Crippen molar-refractivity contribution in [1.82, 2.24) is 15.3 Å². The van der Waals surface area contributed by atoms with E-state index in [0.717, 1.165) is 22.6 Å². The Balaban J connectivity index is 0.00000106. The van der Waals surface area contributed by atoms with E-state index in [0.29, 0.717) is 28.1 Å². The molecular formula is C33H34F3N5O3. The number of carbonyl (C=O) groups excluding carboxylic acids is 3. The second kappa shape index (κ2) is 15.8. The molecule has 5 rings (SSSR count). The number of aromatic nitrogens is 2. The minimum Gasteiger partial charge on any atom is -0.333 e. The van der Waals surface area contributed by atoms with E-state index in [2.05, 4.69) is 33.8 Å². The maximum absolute atomic E-state index is 14.7. The number of fused-ring (bicyclic) bond motifs is 1. The fraction of sp³-hybridized carbons (Fsp3) is 0.182. The molecule has 2 N–H and O–H groups in total. The van der Waals surface area contributed by atoms with Crippen LogP contribution in [0.1, 0.15) is 46.7 Å². The third-order valence-electron chi connectivity index (χ3n) is 6.27. The van der Waals surface area contributed by atoms with E-state index in [-0.39, 0.29) is 23.8 Å². The highest BCUT2D eigenvalue weighted by Crippen LogP contribution is 2.38. The fourth-order valence-corrected chi connectivity index (χ4v) is 4.29. The van der Waals surface area contributed by atoms with Crippen LogP contribution in [0.5, 0.6) is 0 Å². The van der Waals surface area contributed by atoms with Crippen LogP contribution in [0.2, 0.25) is 0 Å². The molecule has 0 saturated carbocycles. The van der Waals surface area contributed by atoms with Crippen molar-refractivity contribution >= 4 is 35.9 Å². The van der Waals surface area contributed by atoms with Crippen LogP contribution in [0.4, 0.5) is 35.2 Å². The van der Waals surface area contributed by atoms with Gasteiger partial charge in [0.1, 0.15) is 35.8 Å². The Bertz CT molecular complexity index is 1640. The molecule has 2 heterocycles. The normalized spacial score (nSPS) is 11.3. The molecule has 0 aliphatic carbocycles. The highest BCUT2D eigenvalue weighted by Gasteiger charge is 2.33. The summed E-state index contributed by atoms with van der Waals surface area (Å²) in [6, 6.07) is 12.0. The number of hydrogen-bond acceptors (Lipinski definition) is 5. The molecule has 3 aromatic carbocycles. The fourth-order valence-electron chi connectivity index (χ4n) is 4.29. The highest BCUT2D eigenvalue weighted by atomic mass is 19.1. The van der Waals surface area contributed by atoms with Gasteiger partial charge in [0.25, 0.3) is 5.91 Å².